The molecule has 4 aliphatic rings. The van der Waals surface area contributed by atoms with Crippen molar-refractivity contribution in [1.82, 2.24) is 33.4 Å². The van der Waals surface area contributed by atoms with E-state index in [2.05, 4.69) is 17.5 Å². The Morgan fingerprint density at radius 2 is 1.04 bits per heavy atom. The quantitative estimate of drug-likeness (QED) is 0.223. The zero-order valence-electron chi connectivity index (χ0n) is 41.3. The molecule has 0 saturated carbocycles. The van der Waals surface area contributed by atoms with Gasteiger partial charge in [-0.25, -0.2) is 9.59 Å². The Morgan fingerprint density at radius 3 is 1.58 bits per heavy atom. The number of aromatic nitrogens is 4. The molecule has 2 atom stereocenters. The first-order valence-electron chi connectivity index (χ1n) is 24.0. The summed E-state index contributed by atoms with van der Waals surface area (Å²) >= 11 is 0. The first-order valence-corrected chi connectivity index (χ1v) is 24.0. The van der Waals surface area contributed by atoms with Gasteiger partial charge in [0.15, 0.2) is 0 Å². The van der Waals surface area contributed by atoms with E-state index in [-0.39, 0.29) is 54.0 Å². The number of benzene rings is 4. The Kier molecular flexibility index (Phi) is 14.8. The van der Waals surface area contributed by atoms with Gasteiger partial charge in [-0.05, 0) is 101 Å². The molecule has 0 unspecified atom stereocenters. The molecule has 4 aromatic carbocycles. The SMILES string of the molecule is Cc1cc(=O)n(C)c(=O)n1Cc1ccccc1C#N.Cc1ccc2c(c1)C(=O)N([C@H]1CCCN(c3cc(=O)n(C)c(=O)n3Cc3ccccc3C#N)C1)C2=O.Cc1ccc2c(c1)C(=O)N([C@H]1CCCNC1)C2=O. The Morgan fingerprint density at radius 1 is 0.562 bits per heavy atom. The van der Waals surface area contributed by atoms with Crippen LogP contribution in [0.2, 0.25) is 0 Å². The predicted octanol–water partition coefficient (Wildman–Crippen LogP) is 4.16. The van der Waals surface area contributed by atoms with Crippen molar-refractivity contribution in [3.8, 4) is 12.1 Å². The highest BCUT2D eigenvalue weighted by molar-refractivity contribution is 6.22. The van der Waals surface area contributed by atoms with Gasteiger partial charge in [-0.15, -0.1) is 0 Å². The van der Waals surface area contributed by atoms with E-state index in [1.54, 1.807) is 67.6 Å². The highest BCUT2D eigenvalue weighted by atomic mass is 16.2. The van der Waals surface area contributed by atoms with Crippen molar-refractivity contribution in [1.29, 1.82) is 10.5 Å². The van der Waals surface area contributed by atoms with Gasteiger partial charge in [-0.2, -0.15) is 10.5 Å². The number of piperidine rings is 2. The number of hydrogen-bond donors (Lipinski definition) is 1. The Bertz CT molecular complexity index is 3550. The number of aryl methyl sites for hydroxylation is 3. The first kappa shape index (κ1) is 50.6. The summed E-state index contributed by atoms with van der Waals surface area (Å²) < 4.78 is 5.05. The van der Waals surface area contributed by atoms with Crippen LogP contribution in [0.3, 0.4) is 0 Å². The van der Waals surface area contributed by atoms with Crippen molar-refractivity contribution in [2.75, 3.05) is 31.1 Å². The van der Waals surface area contributed by atoms with Crippen LogP contribution in [0.1, 0.15) is 106 Å². The molecule has 10 rings (SSSR count). The molecule has 6 heterocycles. The van der Waals surface area contributed by atoms with Gasteiger partial charge in [-0.3, -0.25) is 56.8 Å². The Balaban J connectivity index is 0.000000161. The van der Waals surface area contributed by atoms with Gasteiger partial charge in [0.25, 0.3) is 34.7 Å². The van der Waals surface area contributed by atoms with E-state index in [1.807, 2.05) is 43.0 Å². The number of nitriles is 2. The average molecular weight is 983 g/mol. The van der Waals surface area contributed by atoms with Gasteiger partial charge in [0.2, 0.25) is 0 Å². The number of imide groups is 2. The van der Waals surface area contributed by atoms with Crippen LogP contribution in [0.5, 0.6) is 0 Å². The molecule has 4 amide bonds. The van der Waals surface area contributed by atoms with Crippen molar-refractivity contribution < 1.29 is 19.2 Å². The highest BCUT2D eigenvalue weighted by Crippen LogP contribution is 2.31. The minimum absolute atomic E-state index is 0.00598. The second-order valence-corrected chi connectivity index (χ2v) is 18.7. The van der Waals surface area contributed by atoms with Crippen LogP contribution in [0, 0.1) is 43.4 Å². The zero-order chi connectivity index (χ0) is 52.2. The van der Waals surface area contributed by atoms with E-state index < -0.39 is 17.3 Å². The highest BCUT2D eigenvalue weighted by Gasteiger charge is 2.42. The first-order chi connectivity index (χ1) is 35.0. The summed E-state index contributed by atoms with van der Waals surface area (Å²) in [5, 5.41) is 21.8. The molecule has 6 aromatic rings. The lowest BCUT2D eigenvalue weighted by atomic mass is 10.0. The van der Waals surface area contributed by atoms with Crippen molar-refractivity contribution in [2.45, 2.75) is 71.6 Å². The summed E-state index contributed by atoms with van der Waals surface area (Å²) in [4.78, 5) is 105. The van der Waals surface area contributed by atoms with Gasteiger partial charge >= 0.3 is 11.4 Å². The number of fused-ring (bicyclic) bond motifs is 2. The van der Waals surface area contributed by atoms with Crippen molar-refractivity contribution in [3.63, 3.8) is 0 Å². The maximum atomic E-state index is 13.2. The second-order valence-electron chi connectivity index (χ2n) is 18.7. The summed E-state index contributed by atoms with van der Waals surface area (Å²) in [6.45, 7) is 8.46. The van der Waals surface area contributed by atoms with Crippen LogP contribution >= 0.6 is 0 Å². The average Bonchev–Trinajstić information content (AvgIpc) is 3.79. The minimum Gasteiger partial charge on any atom is -0.356 e. The fourth-order valence-electron chi connectivity index (χ4n) is 9.75. The minimum atomic E-state index is -0.497. The number of nitrogens with zero attached hydrogens (tertiary/aromatic N) is 9. The number of carbonyl (C=O) groups excluding carboxylic acids is 4. The number of anilines is 1. The lowest BCUT2D eigenvalue weighted by molar-refractivity contribution is 0.0549. The fraction of sp³-hybridized carbons (Fsp3) is 0.309. The zero-order valence-corrected chi connectivity index (χ0v) is 41.3. The molecule has 372 valence electrons. The lowest BCUT2D eigenvalue weighted by Gasteiger charge is -2.38. The smallest absolute Gasteiger partial charge is 0.332 e. The van der Waals surface area contributed by atoms with Crippen LogP contribution in [0.25, 0.3) is 0 Å². The molecule has 18 nitrogen and oxygen atoms in total. The van der Waals surface area contributed by atoms with E-state index in [1.165, 1.54) is 45.2 Å². The third-order valence-corrected chi connectivity index (χ3v) is 13.8. The van der Waals surface area contributed by atoms with Crippen LogP contribution in [0.4, 0.5) is 5.82 Å². The van der Waals surface area contributed by atoms with Crippen molar-refractivity contribution in [2.24, 2.45) is 14.1 Å². The maximum Gasteiger partial charge on any atom is 0.332 e. The van der Waals surface area contributed by atoms with Gasteiger partial charge in [-0.1, -0.05) is 59.7 Å². The number of amides is 4. The van der Waals surface area contributed by atoms with Crippen LogP contribution in [-0.2, 0) is 27.2 Å². The predicted molar refractivity (Wildman–Crippen MR) is 272 cm³/mol. The van der Waals surface area contributed by atoms with Crippen LogP contribution in [-0.4, -0.2) is 90.0 Å². The Labute approximate surface area is 420 Å². The number of carbonyl (C=O) groups is 4. The molecule has 0 spiro atoms. The third-order valence-electron chi connectivity index (χ3n) is 13.8. The molecule has 73 heavy (non-hydrogen) atoms. The molecule has 1 N–H and O–H groups in total. The van der Waals surface area contributed by atoms with Gasteiger partial charge < -0.3 is 10.2 Å². The third kappa shape index (κ3) is 10.1. The number of nitrogens with one attached hydrogen (secondary N) is 1. The lowest BCUT2D eigenvalue weighted by Crippen LogP contribution is -2.52. The standard InChI is InChI=1S/C27H25N5O4.C14H13N3O2.C14H16N2O2/c1-17-9-10-21-22(12-17)26(35)32(25(21)34)20-8-5-11-30(16-20)23-13-24(33)29(2)27(36)31(23)15-19-7-4-3-6-18(19)14-28;1-10-7-13(18)16(2)14(19)17(10)9-12-6-4-3-5-11(12)8-15;1-9-4-5-11-12(7-9)14(18)16(13(11)17)10-3-2-6-15-8-10/h3-4,6-7,9-10,12-13,20H,5,8,11,15-16H2,1-2H3;3-7H,9H2,1-2H3;4-5,7,10,15H,2-3,6,8H2,1H3/t20-;;10-/m0.0/s1. The molecule has 0 radical (unpaired) electrons. The maximum absolute atomic E-state index is 13.2. The van der Waals surface area contributed by atoms with Crippen LogP contribution < -0.4 is 32.7 Å². The normalized spacial score (nSPS) is 16.9. The van der Waals surface area contributed by atoms with Crippen LogP contribution in [0.15, 0.2) is 116 Å². The van der Waals surface area contributed by atoms with Crippen molar-refractivity contribution in [3.05, 3.63) is 200 Å². The summed E-state index contributed by atoms with van der Waals surface area (Å²) in [6, 6.07) is 31.5. The Hall–Kier alpha value is -8.74. The molecule has 0 bridgehead atoms. The molecule has 0 aliphatic carbocycles. The summed E-state index contributed by atoms with van der Waals surface area (Å²) in [5.74, 6) is -0.481. The molecular weight excluding hydrogens is 929 g/mol. The summed E-state index contributed by atoms with van der Waals surface area (Å²) in [5.41, 5.74) is 5.18. The van der Waals surface area contributed by atoms with Gasteiger partial charge in [0, 0.05) is 51.6 Å². The molecule has 2 saturated heterocycles. The topological polar surface area (TPSA) is 226 Å². The van der Waals surface area contributed by atoms with E-state index in [4.69, 9.17) is 5.26 Å². The monoisotopic (exact) mass is 982 g/mol. The fourth-order valence-corrected chi connectivity index (χ4v) is 9.75. The van der Waals surface area contributed by atoms with Crippen molar-refractivity contribution >= 4 is 29.4 Å². The summed E-state index contributed by atoms with van der Waals surface area (Å²) in [6.07, 6.45) is 3.22. The largest absolute Gasteiger partial charge is 0.356 e. The van der Waals surface area contributed by atoms with E-state index in [9.17, 15) is 43.6 Å². The molecule has 2 fully saturated rings. The van der Waals surface area contributed by atoms with E-state index in [0.717, 1.165) is 45.2 Å². The molecule has 4 aliphatic heterocycles. The van der Waals surface area contributed by atoms with E-state index in [0.29, 0.717) is 82.9 Å². The van der Waals surface area contributed by atoms with E-state index >= 15 is 0 Å². The summed E-state index contributed by atoms with van der Waals surface area (Å²) in [7, 11) is 2.86. The molecule has 18 heteroatoms. The van der Waals surface area contributed by atoms with Gasteiger partial charge in [0.1, 0.15) is 5.82 Å². The number of rotatable bonds is 7. The molecular formula is C55H54N10O8. The number of hydrogen-bond acceptors (Lipinski definition) is 12. The van der Waals surface area contributed by atoms with Gasteiger partial charge in [0.05, 0.1) is 70.7 Å². The molecule has 2 aromatic heterocycles. The second kappa shape index (κ2) is 21.3.